The third-order valence-corrected chi connectivity index (χ3v) is 2.37. The molecule has 1 aliphatic carbocycles. The number of hydrogen-bond acceptors (Lipinski definition) is 2. The molecule has 0 spiro atoms. The van der Waals surface area contributed by atoms with Crippen molar-refractivity contribution in [1.29, 1.82) is 0 Å². The predicted molar refractivity (Wildman–Crippen MR) is 56.8 cm³/mol. The molecule has 1 amide bonds. The van der Waals surface area contributed by atoms with Crippen molar-refractivity contribution in [1.82, 2.24) is 0 Å². The Bertz CT molecular complexity index is 328. The second kappa shape index (κ2) is 3.70. The van der Waals surface area contributed by atoms with Crippen LogP contribution in [0.4, 0.5) is 11.4 Å². The molecule has 0 atom stereocenters. The number of rotatable bonds is 3. The molecule has 1 aromatic rings. The summed E-state index contributed by atoms with van der Waals surface area (Å²) in [6, 6.07) is 7.21. The summed E-state index contributed by atoms with van der Waals surface area (Å²) in [6.45, 7) is 0. The molecule has 1 saturated carbocycles. The highest BCUT2D eigenvalue weighted by molar-refractivity contribution is 5.91. The minimum atomic E-state index is 0.109. The van der Waals surface area contributed by atoms with E-state index in [1.165, 1.54) is 12.8 Å². The molecule has 1 aliphatic rings. The number of benzene rings is 1. The summed E-state index contributed by atoms with van der Waals surface area (Å²) in [5.41, 5.74) is 7.07. The van der Waals surface area contributed by atoms with Crippen molar-refractivity contribution in [3.05, 3.63) is 24.3 Å². The van der Waals surface area contributed by atoms with Gasteiger partial charge in [-0.25, -0.2) is 0 Å². The summed E-state index contributed by atoms with van der Waals surface area (Å²) >= 11 is 0. The van der Waals surface area contributed by atoms with Gasteiger partial charge in [0.2, 0.25) is 5.91 Å². The summed E-state index contributed by atoms with van der Waals surface area (Å²) in [5.74, 6) is 0.737. The molecule has 1 fully saturated rings. The number of nitrogens with two attached hydrogens (primary N) is 1. The van der Waals surface area contributed by atoms with Gasteiger partial charge in [0.15, 0.2) is 0 Å². The van der Waals surface area contributed by atoms with E-state index < -0.39 is 0 Å². The van der Waals surface area contributed by atoms with Crippen LogP contribution in [0.3, 0.4) is 0 Å². The number of nitrogens with one attached hydrogen (secondary N) is 1. The van der Waals surface area contributed by atoms with Crippen LogP contribution >= 0.6 is 0 Å². The third-order valence-electron chi connectivity index (χ3n) is 2.37. The molecule has 0 unspecified atom stereocenters. The van der Waals surface area contributed by atoms with Gasteiger partial charge in [0.25, 0.3) is 0 Å². The van der Waals surface area contributed by atoms with Crippen LogP contribution in [-0.4, -0.2) is 5.91 Å². The lowest BCUT2D eigenvalue weighted by Gasteiger charge is -2.04. The van der Waals surface area contributed by atoms with E-state index >= 15 is 0 Å². The molecule has 14 heavy (non-hydrogen) atoms. The van der Waals surface area contributed by atoms with Crippen LogP contribution in [0.15, 0.2) is 24.3 Å². The molecule has 3 heteroatoms. The van der Waals surface area contributed by atoms with Crippen molar-refractivity contribution in [3.8, 4) is 0 Å². The van der Waals surface area contributed by atoms with E-state index in [1.54, 1.807) is 12.1 Å². The fourth-order valence-corrected chi connectivity index (χ4v) is 1.36. The summed E-state index contributed by atoms with van der Waals surface area (Å²) in [6.07, 6.45) is 3.06. The molecule has 0 aliphatic heterocycles. The lowest BCUT2D eigenvalue weighted by Crippen LogP contribution is -2.11. The van der Waals surface area contributed by atoms with Gasteiger partial charge in [-0.2, -0.15) is 0 Å². The standard InChI is InChI=1S/C11H14N2O/c12-9-3-5-10(6-4-9)13-11(14)7-8-1-2-8/h3-6,8H,1-2,7,12H2,(H,13,14). The molecule has 3 N–H and O–H groups in total. The Morgan fingerprint density at radius 3 is 2.57 bits per heavy atom. The van der Waals surface area contributed by atoms with Gasteiger partial charge in [0, 0.05) is 17.8 Å². The van der Waals surface area contributed by atoms with Gasteiger partial charge in [-0.05, 0) is 43.0 Å². The molecular weight excluding hydrogens is 176 g/mol. The van der Waals surface area contributed by atoms with Crippen molar-refractivity contribution in [2.24, 2.45) is 5.92 Å². The van der Waals surface area contributed by atoms with Crippen LogP contribution in [0.1, 0.15) is 19.3 Å². The van der Waals surface area contributed by atoms with Crippen molar-refractivity contribution in [2.75, 3.05) is 11.1 Å². The maximum absolute atomic E-state index is 11.4. The molecule has 0 bridgehead atoms. The van der Waals surface area contributed by atoms with Crippen LogP contribution in [-0.2, 0) is 4.79 Å². The molecule has 2 rings (SSSR count). The Morgan fingerprint density at radius 2 is 2.00 bits per heavy atom. The first-order valence-corrected chi connectivity index (χ1v) is 4.89. The van der Waals surface area contributed by atoms with Crippen LogP contribution in [0, 0.1) is 5.92 Å². The maximum Gasteiger partial charge on any atom is 0.224 e. The van der Waals surface area contributed by atoms with Crippen LogP contribution in [0.2, 0.25) is 0 Å². The van der Waals surface area contributed by atoms with E-state index in [1.807, 2.05) is 12.1 Å². The SMILES string of the molecule is Nc1ccc(NC(=O)CC2CC2)cc1. The Kier molecular flexibility index (Phi) is 2.39. The minimum Gasteiger partial charge on any atom is -0.399 e. The molecule has 0 aromatic heterocycles. The van der Waals surface area contributed by atoms with E-state index in [9.17, 15) is 4.79 Å². The fourth-order valence-electron chi connectivity index (χ4n) is 1.36. The van der Waals surface area contributed by atoms with Gasteiger partial charge < -0.3 is 11.1 Å². The highest BCUT2D eigenvalue weighted by Gasteiger charge is 2.24. The molecule has 3 nitrogen and oxygen atoms in total. The van der Waals surface area contributed by atoms with Crippen LogP contribution in [0.25, 0.3) is 0 Å². The summed E-state index contributed by atoms with van der Waals surface area (Å²) in [4.78, 5) is 11.4. The number of carbonyl (C=O) groups excluding carboxylic acids is 1. The van der Waals surface area contributed by atoms with Crippen molar-refractivity contribution < 1.29 is 4.79 Å². The van der Waals surface area contributed by atoms with E-state index in [-0.39, 0.29) is 5.91 Å². The average molecular weight is 190 g/mol. The van der Waals surface area contributed by atoms with Gasteiger partial charge in [-0.15, -0.1) is 0 Å². The number of anilines is 2. The quantitative estimate of drug-likeness (QED) is 0.716. The van der Waals surface area contributed by atoms with Gasteiger partial charge in [-0.1, -0.05) is 0 Å². The van der Waals surface area contributed by atoms with E-state index in [2.05, 4.69) is 5.32 Å². The Hall–Kier alpha value is -1.51. The number of hydrogen-bond donors (Lipinski definition) is 2. The monoisotopic (exact) mass is 190 g/mol. The lowest BCUT2D eigenvalue weighted by atomic mass is 10.2. The first-order valence-electron chi connectivity index (χ1n) is 4.89. The van der Waals surface area contributed by atoms with Gasteiger partial charge in [-0.3, -0.25) is 4.79 Å². The van der Waals surface area contributed by atoms with Gasteiger partial charge >= 0.3 is 0 Å². The number of carbonyl (C=O) groups is 1. The first-order chi connectivity index (χ1) is 6.74. The topological polar surface area (TPSA) is 55.1 Å². The van der Waals surface area contributed by atoms with Crippen molar-refractivity contribution in [2.45, 2.75) is 19.3 Å². The smallest absolute Gasteiger partial charge is 0.224 e. The minimum absolute atomic E-state index is 0.109. The second-order valence-electron chi connectivity index (χ2n) is 3.82. The highest BCUT2D eigenvalue weighted by Crippen LogP contribution is 2.32. The molecule has 74 valence electrons. The molecule has 0 heterocycles. The normalized spacial score (nSPS) is 15.1. The lowest BCUT2D eigenvalue weighted by molar-refractivity contribution is -0.116. The average Bonchev–Trinajstić information content (AvgIpc) is 2.93. The largest absolute Gasteiger partial charge is 0.399 e. The third kappa shape index (κ3) is 2.49. The Labute approximate surface area is 83.3 Å². The maximum atomic E-state index is 11.4. The van der Waals surface area contributed by atoms with Crippen LogP contribution < -0.4 is 11.1 Å². The first kappa shape index (κ1) is 9.06. The van der Waals surface area contributed by atoms with E-state index in [0.29, 0.717) is 18.0 Å². The number of amides is 1. The van der Waals surface area contributed by atoms with E-state index in [0.717, 1.165) is 5.69 Å². The second-order valence-corrected chi connectivity index (χ2v) is 3.82. The molecule has 1 aromatic carbocycles. The van der Waals surface area contributed by atoms with Gasteiger partial charge in [0.1, 0.15) is 0 Å². The summed E-state index contributed by atoms with van der Waals surface area (Å²) in [7, 11) is 0. The number of nitrogen functional groups attached to an aromatic ring is 1. The van der Waals surface area contributed by atoms with Gasteiger partial charge in [0.05, 0.1) is 0 Å². The van der Waals surface area contributed by atoms with Crippen LogP contribution in [0.5, 0.6) is 0 Å². The van der Waals surface area contributed by atoms with E-state index in [4.69, 9.17) is 5.73 Å². The zero-order chi connectivity index (χ0) is 9.97. The molecular formula is C11H14N2O. The van der Waals surface area contributed by atoms with Crippen molar-refractivity contribution >= 4 is 17.3 Å². The highest BCUT2D eigenvalue weighted by atomic mass is 16.1. The molecule has 0 radical (unpaired) electrons. The zero-order valence-electron chi connectivity index (χ0n) is 7.99. The molecule has 0 saturated heterocycles. The summed E-state index contributed by atoms with van der Waals surface area (Å²) < 4.78 is 0. The van der Waals surface area contributed by atoms with Crippen molar-refractivity contribution in [3.63, 3.8) is 0 Å². The zero-order valence-corrected chi connectivity index (χ0v) is 7.99. The summed E-state index contributed by atoms with van der Waals surface area (Å²) in [5, 5.41) is 2.85. The fraction of sp³-hybridized carbons (Fsp3) is 0.364. The Morgan fingerprint density at radius 1 is 1.36 bits per heavy atom. The Balaban J connectivity index is 1.89. The predicted octanol–water partition coefficient (Wildman–Crippen LogP) is 2.01.